The zero-order valence-electron chi connectivity index (χ0n) is 14.1. The van der Waals surface area contributed by atoms with Crippen LogP contribution >= 0.6 is 22.9 Å². The molecule has 26 heavy (non-hydrogen) atoms. The number of benzene rings is 2. The molecule has 0 bridgehead atoms. The minimum Gasteiger partial charge on any atom is -0.326 e. The summed E-state index contributed by atoms with van der Waals surface area (Å²) in [4.78, 5) is 17.9. The van der Waals surface area contributed by atoms with Gasteiger partial charge in [-0.1, -0.05) is 35.9 Å². The van der Waals surface area contributed by atoms with Crippen molar-refractivity contribution in [3.8, 4) is 11.3 Å². The number of halogens is 1. The molecule has 0 unspecified atom stereocenters. The normalized spacial score (nSPS) is 11.0. The molecule has 0 aliphatic rings. The monoisotopic (exact) mass is 381 g/mol. The molecule has 2 aromatic carbocycles. The first-order chi connectivity index (χ1) is 12.6. The van der Waals surface area contributed by atoms with E-state index in [1.807, 2.05) is 71.4 Å². The van der Waals surface area contributed by atoms with Crippen LogP contribution in [0.3, 0.4) is 0 Å². The molecule has 0 fully saturated rings. The van der Waals surface area contributed by atoms with E-state index >= 15 is 0 Å². The van der Waals surface area contributed by atoms with Gasteiger partial charge in [0.05, 0.1) is 12.1 Å². The van der Waals surface area contributed by atoms with E-state index in [2.05, 4.69) is 10.3 Å². The number of hydrogen-bond acceptors (Lipinski definition) is 3. The number of amides is 1. The van der Waals surface area contributed by atoms with Crippen LogP contribution in [-0.2, 0) is 11.2 Å². The number of rotatable bonds is 4. The number of anilines is 1. The molecular formula is C20H16ClN3OS. The van der Waals surface area contributed by atoms with Crippen molar-refractivity contribution in [1.29, 1.82) is 0 Å². The number of imidazole rings is 1. The summed E-state index contributed by atoms with van der Waals surface area (Å²) in [5, 5.41) is 5.62. The van der Waals surface area contributed by atoms with Crippen LogP contribution in [0, 0.1) is 6.92 Å². The number of thiazole rings is 1. The third-order valence-electron chi connectivity index (χ3n) is 4.07. The molecule has 0 aliphatic heterocycles. The summed E-state index contributed by atoms with van der Waals surface area (Å²) in [6.07, 6.45) is 2.26. The first kappa shape index (κ1) is 16.8. The molecule has 1 N–H and O–H groups in total. The minimum atomic E-state index is -0.0444. The smallest absolute Gasteiger partial charge is 0.230 e. The lowest BCUT2D eigenvalue weighted by Crippen LogP contribution is -2.15. The summed E-state index contributed by atoms with van der Waals surface area (Å²) in [7, 11) is 0. The van der Waals surface area contributed by atoms with E-state index in [-0.39, 0.29) is 5.91 Å². The Morgan fingerprint density at radius 2 is 2.04 bits per heavy atom. The van der Waals surface area contributed by atoms with E-state index in [9.17, 15) is 4.79 Å². The lowest BCUT2D eigenvalue weighted by molar-refractivity contribution is -0.115. The van der Waals surface area contributed by atoms with Gasteiger partial charge in [0.2, 0.25) is 5.91 Å². The fourth-order valence-electron chi connectivity index (χ4n) is 2.81. The number of aryl methyl sites for hydroxylation is 1. The molecule has 6 heteroatoms. The van der Waals surface area contributed by atoms with Crippen LogP contribution in [0.2, 0.25) is 5.02 Å². The molecule has 4 rings (SSSR count). The number of nitrogens with one attached hydrogen (secondary N) is 1. The maximum Gasteiger partial charge on any atom is 0.230 e. The van der Waals surface area contributed by atoms with Crippen molar-refractivity contribution < 1.29 is 4.79 Å². The van der Waals surface area contributed by atoms with Gasteiger partial charge in [0.15, 0.2) is 4.96 Å². The Kier molecular flexibility index (Phi) is 4.49. The van der Waals surface area contributed by atoms with Gasteiger partial charge in [-0.3, -0.25) is 9.20 Å². The Labute approximate surface area is 160 Å². The van der Waals surface area contributed by atoms with Crippen molar-refractivity contribution in [2.75, 3.05) is 5.32 Å². The number of hydrogen-bond donors (Lipinski definition) is 1. The van der Waals surface area contributed by atoms with Crippen LogP contribution in [0.25, 0.3) is 16.2 Å². The topological polar surface area (TPSA) is 46.4 Å². The summed E-state index contributed by atoms with van der Waals surface area (Å²) in [5.41, 5.74) is 4.72. The molecule has 4 aromatic rings. The van der Waals surface area contributed by atoms with Crippen LogP contribution in [0.15, 0.2) is 60.1 Å². The van der Waals surface area contributed by atoms with Gasteiger partial charge in [0.1, 0.15) is 0 Å². The Morgan fingerprint density at radius 1 is 1.23 bits per heavy atom. The summed E-state index contributed by atoms with van der Waals surface area (Å²) in [6, 6.07) is 15.4. The first-order valence-electron chi connectivity index (χ1n) is 8.16. The van der Waals surface area contributed by atoms with Crippen molar-refractivity contribution >= 4 is 39.5 Å². The van der Waals surface area contributed by atoms with Crippen LogP contribution in [0.1, 0.15) is 11.3 Å². The molecular weight excluding hydrogens is 366 g/mol. The first-order valence-corrected chi connectivity index (χ1v) is 9.42. The van der Waals surface area contributed by atoms with Gasteiger partial charge in [0, 0.05) is 33.5 Å². The van der Waals surface area contributed by atoms with Crippen LogP contribution < -0.4 is 5.32 Å². The predicted octanol–water partition coefficient (Wildman–Crippen LogP) is 5.21. The fraction of sp³-hybridized carbons (Fsp3) is 0.100. The van der Waals surface area contributed by atoms with E-state index in [4.69, 9.17) is 11.6 Å². The van der Waals surface area contributed by atoms with Crippen LogP contribution in [0.4, 0.5) is 5.69 Å². The van der Waals surface area contributed by atoms with Gasteiger partial charge >= 0.3 is 0 Å². The Morgan fingerprint density at radius 3 is 2.81 bits per heavy atom. The average molecular weight is 382 g/mol. The average Bonchev–Trinajstić information content (AvgIpc) is 3.18. The quantitative estimate of drug-likeness (QED) is 0.527. The molecule has 0 atom stereocenters. The number of nitrogens with zero attached hydrogens (tertiary/aromatic N) is 2. The molecule has 0 saturated heterocycles. The van der Waals surface area contributed by atoms with Crippen molar-refractivity contribution in [1.82, 2.24) is 9.38 Å². The predicted molar refractivity (Wildman–Crippen MR) is 107 cm³/mol. The molecule has 4 nitrogen and oxygen atoms in total. The molecule has 2 heterocycles. The second kappa shape index (κ2) is 6.94. The van der Waals surface area contributed by atoms with E-state index < -0.39 is 0 Å². The van der Waals surface area contributed by atoms with Crippen molar-refractivity contribution in [3.63, 3.8) is 0 Å². The summed E-state index contributed by atoms with van der Waals surface area (Å²) in [5.74, 6) is -0.0444. The van der Waals surface area contributed by atoms with Gasteiger partial charge in [-0.05, 0) is 36.8 Å². The highest BCUT2D eigenvalue weighted by Crippen LogP contribution is 2.25. The Bertz CT molecular complexity index is 1080. The van der Waals surface area contributed by atoms with Gasteiger partial charge in [-0.15, -0.1) is 11.3 Å². The highest BCUT2D eigenvalue weighted by atomic mass is 35.5. The van der Waals surface area contributed by atoms with Gasteiger partial charge in [-0.2, -0.15) is 0 Å². The van der Waals surface area contributed by atoms with Crippen molar-refractivity contribution in [3.05, 3.63) is 76.4 Å². The second-order valence-corrected chi connectivity index (χ2v) is 7.38. The van der Waals surface area contributed by atoms with E-state index in [0.717, 1.165) is 33.2 Å². The Hall–Kier alpha value is -2.63. The molecule has 130 valence electrons. The molecule has 0 spiro atoms. The number of fused-ring (bicyclic) bond motifs is 1. The fourth-order valence-corrected chi connectivity index (χ4v) is 3.81. The van der Waals surface area contributed by atoms with E-state index in [1.165, 1.54) is 11.3 Å². The standard InChI is InChI=1S/C20H16ClN3OS/c1-13-3-2-4-16(9-13)22-19(25)10-17-12-26-20-23-18(11-24(17)20)14-5-7-15(21)8-6-14/h2-9,11-12H,10H2,1H3,(H,22,25). The SMILES string of the molecule is Cc1cccc(NC(=O)Cc2csc3nc(-c4ccc(Cl)cc4)cn23)c1. The van der Waals surface area contributed by atoms with Gasteiger partial charge in [0.25, 0.3) is 0 Å². The number of carbonyl (C=O) groups is 1. The highest BCUT2D eigenvalue weighted by molar-refractivity contribution is 7.15. The lowest BCUT2D eigenvalue weighted by Gasteiger charge is -2.05. The zero-order chi connectivity index (χ0) is 18.1. The second-order valence-electron chi connectivity index (χ2n) is 6.11. The molecule has 2 aromatic heterocycles. The lowest BCUT2D eigenvalue weighted by atomic mass is 10.2. The van der Waals surface area contributed by atoms with Crippen LogP contribution in [-0.4, -0.2) is 15.3 Å². The maximum absolute atomic E-state index is 12.4. The third-order valence-corrected chi connectivity index (χ3v) is 5.21. The summed E-state index contributed by atoms with van der Waals surface area (Å²) in [6.45, 7) is 2.00. The maximum atomic E-state index is 12.4. The van der Waals surface area contributed by atoms with Gasteiger partial charge in [-0.25, -0.2) is 4.98 Å². The molecule has 0 saturated carbocycles. The highest BCUT2D eigenvalue weighted by Gasteiger charge is 2.13. The summed E-state index contributed by atoms with van der Waals surface area (Å²) < 4.78 is 1.98. The summed E-state index contributed by atoms with van der Waals surface area (Å²) >= 11 is 7.48. The molecule has 0 aliphatic carbocycles. The van der Waals surface area contributed by atoms with Crippen LogP contribution in [0.5, 0.6) is 0 Å². The zero-order valence-corrected chi connectivity index (χ0v) is 15.6. The minimum absolute atomic E-state index is 0.0444. The number of aromatic nitrogens is 2. The largest absolute Gasteiger partial charge is 0.326 e. The van der Waals surface area contributed by atoms with E-state index in [1.54, 1.807) is 0 Å². The molecule has 0 radical (unpaired) electrons. The van der Waals surface area contributed by atoms with Gasteiger partial charge < -0.3 is 5.32 Å². The van der Waals surface area contributed by atoms with E-state index in [0.29, 0.717) is 11.4 Å². The number of carbonyl (C=O) groups excluding carboxylic acids is 1. The van der Waals surface area contributed by atoms with Crippen molar-refractivity contribution in [2.24, 2.45) is 0 Å². The Balaban J connectivity index is 1.55. The third kappa shape index (κ3) is 3.49. The van der Waals surface area contributed by atoms with Crippen molar-refractivity contribution in [2.45, 2.75) is 13.3 Å². The molecule has 1 amide bonds.